The minimum absolute atomic E-state index is 0. The van der Waals surface area contributed by atoms with Gasteiger partial charge in [-0.3, -0.25) is 9.89 Å². The third-order valence-corrected chi connectivity index (χ3v) is 5.83. The molecule has 7 heteroatoms. The van der Waals surface area contributed by atoms with Gasteiger partial charge in [0.15, 0.2) is 5.96 Å². The van der Waals surface area contributed by atoms with E-state index in [0.717, 1.165) is 63.4 Å². The van der Waals surface area contributed by atoms with Crippen LogP contribution in [0.1, 0.15) is 50.1 Å². The van der Waals surface area contributed by atoms with Crippen molar-refractivity contribution >= 4 is 29.9 Å². The summed E-state index contributed by atoms with van der Waals surface area (Å²) in [5.74, 6) is 2.60. The number of hydrogen-bond donors (Lipinski definition) is 2. The molecule has 6 nitrogen and oxygen atoms in total. The molecule has 0 radical (unpaired) electrons. The van der Waals surface area contributed by atoms with Crippen LogP contribution in [0.5, 0.6) is 5.75 Å². The molecule has 0 aromatic heterocycles. The Morgan fingerprint density at radius 3 is 2.50 bits per heavy atom. The number of rotatable bonds is 11. The fourth-order valence-electron chi connectivity index (χ4n) is 3.84. The van der Waals surface area contributed by atoms with E-state index in [2.05, 4.69) is 44.8 Å². The molecule has 1 aliphatic heterocycles. The lowest BCUT2D eigenvalue weighted by Gasteiger charge is -2.35. The van der Waals surface area contributed by atoms with Gasteiger partial charge in [0.05, 0.1) is 13.2 Å². The predicted octanol–water partition coefficient (Wildman–Crippen LogP) is 3.82. The van der Waals surface area contributed by atoms with Crippen LogP contribution in [0.4, 0.5) is 0 Å². The number of guanidine groups is 1. The van der Waals surface area contributed by atoms with E-state index in [9.17, 15) is 0 Å². The first-order valence-electron chi connectivity index (χ1n) is 11.2. The average Bonchev–Trinajstić information content (AvgIpc) is 3.60. The van der Waals surface area contributed by atoms with E-state index in [1.165, 1.54) is 37.7 Å². The molecule has 0 amide bonds. The molecule has 2 aliphatic rings. The zero-order valence-corrected chi connectivity index (χ0v) is 20.9. The number of likely N-dealkylation sites (tertiary alicyclic amines) is 1. The molecular formula is C23H39IN4O2. The van der Waals surface area contributed by atoms with Gasteiger partial charge in [-0.1, -0.05) is 18.6 Å². The Kier molecular flexibility index (Phi) is 11.8. The molecule has 2 N–H and O–H groups in total. The van der Waals surface area contributed by atoms with Gasteiger partial charge in [0.25, 0.3) is 0 Å². The normalized spacial score (nSPS) is 18.4. The second kappa shape index (κ2) is 14.1. The molecule has 2 fully saturated rings. The molecule has 1 aromatic rings. The summed E-state index contributed by atoms with van der Waals surface area (Å²) in [5.41, 5.74) is 1.32. The number of benzene rings is 1. The van der Waals surface area contributed by atoms with E-state index >= 15 is 0 Å². The van der Waals surface area contributed by atoms with Gasteiger partial charge in [0.1, 0.15) is 5.75 Å². The number of halogens is 1. The van der Waals surface area contributed by atoms with Crippen molar-refractivity contribution < 1.29 is 9.47 Å². The molecular weight excluding hydrogens is 491 g/mol. The molecule has 1 atom stereocenters. The zero-order valence-electron chi connectivity index (χ0n) is 18.6. The fraction of sp³-hybridized carbons (Fsp3) is 0.696. The van der Waals surface area contributed by atoms with E-state index < -0.39 is 0 Å². The Labute approximate surface area is 199 Å². The minimum Gasteiger partial charge on any atom is -0.497 e. The highest BCUT2D eigenvalue weighted by Gasteiger charge is 2.23. The monoisotopic (exact) mass is 530 g/mol. The summed E-state index contributed by atoms with van der Waals surface area (Å²) in [7, 11) is 3.55. The maximum atomic E-state index is 5.71. The van der Waals surface area contributed by atoms with Gasteiger partial charge in [-0.05, 0) is 68.8 Å². The van der Waals surface area contributed by atoms with Crippen molar-refractivity contribution in [2.24, 2.45) is 10.9 Å². The molecule has 1 saturated carbocycles. The van der Waals surface area contributed by atoms with Crippen molar-refractivity contribution in [2.45, 2.75) is 44.6 Å². The Hall–Kier alpha value is -1.06. The van der Waals surface area contributed by atoms with Gasteiger partial charge in [-0.25, -0.2) is 0 Å². The Morgan fingerprint density at radius 1 is 1.13 bits per heavy atom. The highest BCUT2D eigenvalue weighted by molar-refractivity contribution is 14.0. The lowest BCUT2D eigenvalue weighted by atomic mass is 10.0. The molecule has 1 heterocycles. The number of aliphatic imine (C=N–C) groups is 1. The van der Waals surface area contributed by atoms with E-state index in [4.69, 9.17) is 9.47 Å². The van der Waals surface area contributed by atoms with Crippen molar-refractivity contribution in [1.82, 2.24) is 15.5 Å². The number of nitrogens with zero attached hydrogens (tertiary/aromatic N) is 2. The highest BCUT2D eigenvalue weighted by atomic mass is 127. The number of piperidine rings is 1. The quantitative estimate of drug-likeness (QED) is 0.197. The van der Waals surface area contributed by atoms with E-state index in [1.807, 2.05) is 7.05 Å². The highest BCUT2D eigenvalue weighted by Crippen LogP contribution is 2.28. The Bertz CT molecular complexity index is 616. The van der Waals surface area contributed by atoms with Crippen LogP contribution in [0.2, 0.25) is 0 Å². The van der Waals surface area contributed by atoms with Crippen LogP contribution < -0.4 is 15.4 Å². The molecule has 0 spiro atoms. The van der Waals surface area contributed by atoms with Gasteiger partial charge in [0.2, 0.25) is 0 Å². The largest absolute Gasteiger partial charge is 0.497 e. The molecule has 1 aromatic carbocycles. The number of nitrogens with one attached hydrogen (secondary N) is 2. The number of methoxy groups -OCH3 is 1. The van der Waals surface area contributed by atoms with Crippen LogP contribution in [-0.4, -0.2) is 64.4 Å². The first kappa shape index (κ1) is 25.2. The zero-order chi connectivity index (χ0) is 20.3. The van der Waals surface area contributed by atoms with E-state index in [1.54, 1.807) is 7.11 Å². The molecule has 1 aliphatic carbocycles. The lowest BCUT2D eigenvalue weighted by Crippen LogP contribution is -2.44. The molecule has 1 saturated heterocycles. The smallest absolute Gasteiger partial charge is 0.191 e. The first-order chi connectivity index (χ1) is 14.3. The summed E-state index contributed by atoms with van der Waals surface area (Å²) in [5, 5.41) is 6.96. The van der Waals surface area contributed by atoms with Crippen molar-refractivity contribution in [3.8, 4) is 5.75 Å². The molecule has 1 unspecified atom stereocenters. The molecule has 170 valence electrons. The third-order valence-electron chi connectivity index (χ3n) is 5.83. The maximum absolute atomic E-state index is 5.71. The Morgan fingerprint density at radius 2 is 1.87 bits per heavy atom. The number of hydrogen-bond acceptors (Lipinski definition) is 4. The molecule has 3 rings (SSSR count). The third kappa shape index (κ3) is 8.59. The van der Waals surface area contributed by atoms with E-state index in [0.29, 0.717) is 6.04 Å². The standard InChI is InChI=1S/C23H38N4O2.HI/c1-24-23(25-13-6-16-29-18-19-7-8-19)26-17-22(27-14-4-3-5-15-27)20-9-11-21(28-2)12-10-20;/h9-12,19,22H,3-8,13-18H2,1-2H3,(H2,24,25,26);1H. The predicted molar refractivity (Wildman–Crippen MR) is 134 cm³/mol. The summed E-state index contributed by atoms with van der Waals surface area (Å²) < 4.78 is 11.0. The summed E-state index contributed by atoms with van der Waals surface area (Å²) in [6, 6.07) is 8.82. The van der Waals surface area contributed by atoms with Crippen LogP contribution in [0.15, 0.2) is 29.3 Å². The van der Waals surface area contributed by atoms with Crippen LogP contribution in [0, 0.1) is 5.92 Å². The second-order valence-electron chi connectivity index (χ2n) is 8.14. The fourth-order valence-corrected chi connectivity index (χ4v) is 3.84. The SMILES string of the molecule is CN=C(NCCCOCC1CC1)NCC(c1ccc(OC)cc1)N1CCCCC1.I. The topological polar surface area (TPSA) is 58.1 Å². The second-order valence-corrected chi connectivity index (χ2v) is 8.14. The molecule has 0 bridgehead atoms. The summed E-state index contributed by atoms with van der Waals surface area (Å²) >= 11 is 0. The van der Waals surface area contributed by atoms with Crippen LogP contribution in [-0.2, 0) is 4.74 Å². The summed E-state index contributed by atoms with van der Waals surface area (Å²) in [6.07, 6.45) is 7.59. The van der Waals surface area contributed by atoms with Crippen molar-refractivity contribution in [3.05, 3.63) is 29.8 Å². The van der Waals surface area contributed by atoms with Gasteiger partial charge in [-0.15, -0.1) is 24.0 Å². The van der Waals surface area contributed by atoms with Crippen LogP contribution >= 0.6 is 24.0 Å². The van der Waals surface area contributed by atoms with Gasteiger partial charge >= 0.3 is 0 Å². The van der Waals surface area contributed by atoms with Gasteiger partial charge < -0.3 is 20.1 Å². The number of ether oxygens (including phenoxy) is 2. The van der Waals surface area contributed by atoms with Crippen LogP contribution in [0.3, 0.4) is 0 Å². The van der Waals surface area contributed by atoms with Crippen molar-refractivity contribution in [2.75, 3.05) is 53.6 Å². The van der Waals surface area contributed by atoms with E-state index in [-0.39, 0.29) is 24.0 Å². The maximum Gasteiger partial charge on any atom is 0.191 e. The van der Waals surface area contributed by atoms with Gasteiger partial charge in [0, 0.05) is 33.4 Å². The summed E-state index contributed by atoms with van der Waals surface area (Å²) in [4.78, 5) is 6.99. The van der Waals surface area contributed by atoms with Crippen molar-refractivity contribution in [1.29, 1.82) is 0 Å². The minimum atomic E-state index is 0. The first-order valence-corrected chi connectivity index (χ1v) is 11.2. The van der Waals surface area contributed by atoms with Gasteiger partial charge in [-0.2, -0.15) is 0 Å². The van der Waals surface area contributed by atoms with Crippen LogP contribution in [0.25, 0.3) is 0 Å². The Balaban J connectivity index is 0.00000320. The average molecular weight is 530 g/mol. The summed E-state index contributed by atoms with van der Waals surface area (Å²) in [6.45, 7) is 5.78. The van der Waals surface area contributed by atoms with Crippen molar-refractivity contribution in [3.63, 3.8) is 0 Å². The lowest BCUT2D eigenvalue weighted by molar-refractivity contribution is 0.123. The molecule has 30 heavy (non-hydrogen) atoms.